The van der Waals surface area contributed by atoms with Crippen LogP contribution in [0.2, 0.25) is 0 Å². The zero-order valence-electron chi connectivity index (χ0n) is 17.0. The van der Waals surface area contributed by atoms with Crippen molar-refractivity contribution < 1.29 is 27.1 Å². The molecule has 1 unspecified atom stereocenters. The number of halogens is 1. The summed E-state index contributed by atoms with van der Waals surface area (Å²) in [5.74, 6) is -1.43. The molecule has 0 bridgehead atoms. The lowest BCUT2D eigenvalue weighted by Crippen LogP contribution is -2.40. The molecule has 0 saturated carbocycles. The maximum absolute atomic E-state index is 14.3. The van der Waals surface area contributed by atoms with Crippen molar-refractivity contribution in [2.45, 2.75) is 25.5 Å². The topological polar surface area (TPSA) is 72.9 Å². The number of rotatable bonds is 6. The molecule has 1 amide bonds. The summed E-state index contributed by atoms with van der Waals surface area (Å²) in [6.07, 6.45) is 1.48. The minimum absolute atomic E-state index is 0.0135. The molecule has 0 N–H and O–H groups in total. The number of sulfone groups is 1. The van der Waals surface area contributed by atoms with Crippen LogP contribution in [0.1, 0.15) is 24.0 Å². The van der Waals surface area contributed by atoms with Gasteiger partial charge in [-0.15, -0.1) is 0 Å². The fourth-order valence-corrected chi connectivity index (χ4v) is 5.28. The van der Waals surface area contributed by atoms with Crippen LogP contribution in [0.3, 0.4) is 0 Å². The van der Waals surface area contributed by atoms with E-state index >= 15 is 0 Å². The monoisotopic (exact) mass is 445 g/mol. The van der Waals surface area contributed by atoms with Gasteiger partial charge in [0.2, 0.25) is 5.76 Å². The molecule has 2 aromatic rings. The Hall–Kier alpha value is -2.71. The van der Waals surface area contributed by atoms with Crippen LogP contribution in [0.4, 0.5) is 4.39 Å². The van der Waals surface area contributed by atoms with Gasteiger partial charge in [-0.05, 0) is 24.5 Å². The number of benzene rings is 2. The van der Waals surface area contributed by atoms with Gasteiger partial charge in [-0.25, -0.2) is 12.8 Å². The molecule has 6 nitrogen and oxygen atoms in total. The van der Waals surface area contributed by atoms with Gasteiger partial charge in [-0.2, -0.15) is 0 Å². The smallest absolute Gasteiger partial charge is 0.290 e. The second-order valence-corrected chi connectivity index (χ2v) is 9.65. The third kappa shape index (κ3) is 4.80. The van der Waals surface area contributed by atoms with E-state index in [1.54, 1.807) is 48.5 Å². The summed E-state index contributed by atoms with van der Waals surface area (Å²) in [6, 6.07) is 14.7. The van der Waals surface area contributed by atoms with E-state index in [2.05, 4.69) is 0 Å². The first kappa shape index (κ1) is 21.5. The average molecular weight is 446 g/mol. The number of amides is 1. The summed E-state index contributed by atoms with van der Waals surface area (Å²) in [6.45, 7) is 0.713. The maximum Gasteiger partial charge on any atom is 0.290 e. The largest absolute Gasteiger partial charge is 0.486 e. The average Bonchev–Trinajstić information content (AvgIpc) is 3.27. The summed E-state index contributed by atoms with van der Waals surface area (Å²) in [5, 5.41) is 0. The standard InChI is InChI=1S/C23H24FNO5S/c24-20-11-5-4-9-18(20)15-25(16-19-10-6-12-29-19)23(26)21-22(17-7-2-1-3-8-17)31(27,28)14-13-30-21/h1-5,7-9,11,19H,6,10,12-16H2. The van der Waals surface area contributed by atoms with Crippen molar-refractivity contribution in [2.75, 3.05) is 25.5 Å². The van der Waals surface area contributed by atoms with Gasteiger partial charge in [0.15, 0.2) is 9.84 Å². The van der Waals surface area contributed by atoms with Gasteiger partial charge >= 0.3 is 0 Å². The quantitative estimate of drug-likeness (QED) is 0.683. The lowest BCUT2D eigenvalue weighted by Gasteiger charge is -2.29. The Morgan fingerprint density at radius 1 is 1.06 bits per heavy atom. The van der Waals surface area contributed by atoms with Gasteiger partial charge in [-0.1, -0.05) is 48.5 Å². The number of nitrogens with zero attached hydrogens (tertiary/aromatic N) is 1. The SMILES string of the molecule is O=C(C1=C(c2ccccc2)S(=O)(=O)CCO1)N(Cc1ccccc1F)CC1CCCO1. The van der Waals surface area contributed by atoms with Crippen molar-refractivity contribution in [1.82, 2.24) is 4.90 Å². The molecule has 0 radical (unpaired) electrons. The Kier molecular flexibility index (Phi) is 6.38. The maximum atomic E-state index is 14.3. The summed E-state index contributed by atoms with van der Waals surface area (Å²) in [5.41, 5.74) is 0.739. The highest BCUT2D eigenvalue weighted by atomic mass is 32.2. The number of hydrogen-bond acceptors (Lipinski definition) is 5. The summed E-state index contributed by atoms with van der Waals surface area (Å²) < 4.78 is 51.4. The Bertz CT molecular complexity index is 1080. The van der Waals surface area contributed by atoms with E-state index < -0.39 is 21.6 Å². The molecule has 0 spiro atoms. The molecule has 31 heavy (non-hydrogen) atoms. The molecule has 2 heterocycles. The van der Waals surface area contributed by atoms with Crippen LogP contribution < -0.4 is 0 Å². The molecular formula is C23H24FNO5S. The molecule has 1 fully saturated rings. The molecule has 0 aliphatic carbocycles. The molecule has 164 valence electrons. The first-order chi connectivity index (χ1) is 15.0. The van der Waals surface area contributed by atoms with E-state index in [-0.39, 0.29) is 42.2 Å². The molecule has 2 aliphatic rings. The minimum atomic E-state index is -3.71. The van der Waals surface area contributed by atoms with Crippen molar-refractivity contribution in [3.63, 3.8) is 0 Å². The lowest BCUT2D eigenvalue weighted by atomic mass is 10.1. The highest BCUT2D eigenvalue weighted by Gasteiger charge is 2.36. The zero-order valence-corrected chi connectivity index (χ0v) is 17.8. The fourth-order valence-electron chi connectivity index (χ4n) is 3.85. The minimum Gasteiger partial charge on any atom is -0.486 e. The van der Waals surface area contributed by atoms with Gasteiger partial charge in [0, 0.05) is 25.3 Å². The molecular weight excluding hydrogens is 421 g/mol. The van der Waals surface area contributed by atoms with E-state index in [9.17, 15) is 17.6 Å². The molecule has 2 aromatic carbocycles. The molecule has 0 aromatic heterocycles. The number of carbonyl (C=O) groups excluding carboxylic acids is 1. The van der Waals surface area contributed by atoms with Crippen LogP contribution in [-0.2, 0) is 30.7 Å². The van der Waals surface area contributed by atoms with Crippen molar-refractivity contribution in [3.05, 3.63) is 77.3 Å². The predicted molar refractivity (Wildman–Crippen MR) is 114 cm³/mol. The highest BCUT2D eigenvalue weighted by molar-refractivity contribution is 8.00. The summed E-state index contributed by atoms with van der Waals surface area (Å²) >= 11 is 0. The first-order valence-electron chi connectivity index (χ1n) is 10.3. The molecule has 2 aliphatic heterocycles. The normalized spacial score (nSPS) is 20.4. The van der Waals surface area contributed by atoms with Crippen LogP contribution in [0.5, 0.6) is 0 Å². The summed E-state index contributed by atoms with van der Waals surface area (Å²) in [7, 11) is -3.71. The van der Waals surface area contributed by atoms with Gasteiger partial charge in [0.05, 0.1) is 11.9 Å². The number of ether oxygens (including phenoxy) is 2. The van der Waals surface area contributed by atoms with E-state index in [0.717, 1.165) is 12.8 Å². The Morgan fingerprint density at radius 3 is 2.52 bits per heavy atom. The second kappa shape index (κ2) is 9.20. The number of hydrogen-bond donors (Lipinski definition) is 0. The second-order valence-electron chi connectivity index (χ2n) is 7.60. The number of carbonyl (C=O) groups is 1. The Labute approximate surface area is 181 Å². The van der Waals surface area contributed by atoms with Crippen LogP contribution in [-0.4, -0.2) is 50.8 Å². The van der Waals surface area contributed by atoms with Crippen LogP contribution in [0.15, 0.2) is 60.4 Å². The Morgan fingerprint density at radius 2 is 1.81 bits per heavy atom. The van der Waals surface area contributed by atoms with Crippen LogP contribution >= 0.6 is 0 Å². The highest BCUT2D eigenvalue weighted by Crippen LogP contribution is 2.31. The van der Waals surface area contributed by atoms with E-state index in [4.69, 9.17) is 9.47 Å². The van der Waals surface area contributed by atoms with E-state index in [1.807, 2.05) is 0 Å². The van der Waals surface area contributed by atoms with Gasteiger partial charge in [0.1, 0.15) is 17.3 Å². The van der Waals surface area contributed by atoms with Gasteiger partial charge in [-0.3, -0.25) is 4.79 Å². The van der Waals surface area contributed by atoms with Gasteiger partial charge < -0.3 is 14.4 Å². The van der Waals surface area contributed by atoms with Crippen molar-refractivity contribution >= 4 is 20.6 Å². The van der Waals surface area contributed by atoms with E-state index in [1.165, 1.54) is 11.0 Å². The Balaban J connectivity index is 1.74. The van der Waals surface area contributed by atoms with Crippen molar-refractivity contribution in [2.24, 2.45) is 0 Å². The van der Waals surface area contributed by atoms with Crippen molar-refractivity contribution in [3.8, 4) is 0 Å². The predicted octanol–water partition coefficient (Wildman–Crippen LogP) is 3.15. The molecule has 8 heteroatoms. The summed E-state index contributed by atoms with van der Waals surface area (Å²) in [4.78, 5) is 14.9. The lowest BCUT2D eigenvalue weighted by molar-refractivity contribution is -0.133. The fraction of sp³-hybridized carbons (Fsp3) is 0.348. The van der Waals surface area contributed by atoms with Crippen molar-refractivity contribution in [1.29, 1.82) is 0 Å². The van der Waals surface area contributed by atoms with Gasteiger partial charge in [0.25, 0.3) is 5.91 Å². The third-order valence-corrected chi connectivity index (χ3v) is 7.15. The van der Waals surface area contributed by atoms with Crippen LogP contribution in [0, 0.1) is 5.82 Å². The molecule has 1 saturated heterocycles. The van der Waals surface area contributed by atoms with E-state index in [0.29, 0.717) is 17.7 Å². The third-order valence-electron chi connectivity index (χ3n) is 5.40. The van der Waals surface area contributed by atoms with Crippen LogP contribution in [0.25, 0.3) is 4.91 Å². The zero-order chi connectivity index (χ0) is 21.8. The first-order valence-corrected chi connectivity index (χ1v) is 11.9. The molecule has 1 atom stereocenters. The molecule has 4 rings (SSSR count).